The van der Waals surface area contributed by atoms with Crippen molar-refractivity contribution in [2.45, 2.75) is 26.0 Å². The predicted octanol–water partition coefficient (Wildman–Crippen LogP) is 1.53. The van der Waals surface area contributed by atoms with Gasteiger partial charge >= 0.3 is 0 Å². The fraction of sp³-hybridized carbons (Fsp3) is 0.467. The van der Waals surface area contributed by atoms with Crippen LogP contribution in [-0.4, -0.2) is 44.6 Å². The summed E-state index contributed by atoms with van der Waals surface area (Å²) in [7, 11) is 0. The van der Waals surface area contributed by atoms with Crippen LogP contribution in [0.15, 0.2) is 30.3 Å². The molecule has 5 nitrogen and oxygen atoms in total. The summed E-state index contributed by atoms with van der Waals surface area (Å²) in [4.78, 5) is 2.45. The highest BCUT2D eigenvalue weighted by Crippen LogP contribution is 2.22. The smallest absolute Gasteiger partial charge is 0.116 e. The van der Waals surface area contributed by atoms with Crippen LogP contribution in [0.1, 0.15) is 18.5 Å². The van der Waals surface area contributed by atoms with Gasteiger partial charge in [0.1, 0.15) is 5.69 Å². The van der Waals surface area contributed by atoms with Gasteiger partial charge in [-0.25, -0.2) is 4.68 Å². The predicted molar refractivity (Wildman–Crippen MR) is 77.1 cm³/mol. The molecule has 1 aliphatic heterocycles. The van der Waals surface area contributed by atoms with E-state index in [1.54, 1.807) is 0 Å². The third kappa shape index (κ3) is 2.73. The lowest BCUT2D eigenvalue weighted by atomic mass is 10.1. The Kier molecular flexibility index (Phi) is 4.08. The first kappa shape index (κ1) is 13.3. The van der Waals surface area contributed by atoms with Gasteiger partial charge in [-0.15, -0.1) is 5.10 Å². The highest BCUT2D eigenvalue weighted by molar-refractivity contribution is 5.61. The van der Waals surface area contributed by atoms with Crippen molar-refractivity contribution in [3.63, 3.8) is 0 Å². The molecular weight excluding hydrogens is 252 g/mol. The van der Waals surface area contributed by atoms with Crippen LogP contribution in [0.4, 0.5) is 0 Å². The van der Waals surface area contributed by atoms with Gasteiger partial charge < -0.3 is 10.0 Å². The van der Waals surface area contributed by atoms with E-state index < -0.39 is 0 Å². The normalized spacial score (nSPS) is 15.8. The number of hydrogen-bond donors (Lipinski definition) is 1. The summed E-state index contributed by atoms with van der Waals surface area (Å²) in [6, 6.07) is 10.0. The van der Waals surface area contributed by atoms with E-state index in [0.29, 0.717) is 5.69 Å². The van der Waals surface area contributed by atoms with Crippen molar-refractivity contribution in [1.82, 2.24) is 19.9 Å². The highest BCUT2D eigenvalue weighted by Gasteiger charge is 2.16. The summed E-state index contributed by atoms with van der Waals surface area (Å²) in [5.41, 5.74) is 2.65. The van der Waals surface area contributed by atoms with Gasteiger partial charge in [0.15, 0.2) is 0 Å². The Balaban J connectivity index is 1.81. The zero-order chi connectivity index (χ0) is 13.8. The molecule has 0 bridgehead atoms. The molecule has 5 heteroatoms. The van der Waals surface area contributed by atoms with Gasteiger partial charge in [0, 0.05) is 12.1 Å². The van der Waals surface area contributed by atoms with E-state index in [-0.39, 0.29) is 6.61 Å². The van der Waals surface area contributed by atoms with Crippen molar-refractivity contribution in [2.24, 2.45) is 0 Å². The Morgan fingerprint density at radius 2 is 1.80 bits per heavy atom. The molecule has 1 aliphatic rings. The van der Waals surface area contributed by atoms with Crippen molar-refractivity contribution in [1.29, 1.82) is 0 Å². The number of rotatable bonds is 5. The lowest BCUT2D eigenvalue weighted by Crippen LogP contribution is -2.24. The Morgan fingerprint density at radius 3 is 2.50 bits per heavy atom. The zero-order valence-corrected chi connectivity index (χ0v) is 11.6. The highest BCUT2D eigenvalue weighted by atomic mass is 16.3. The molecule has 0 saturated carbocycles. The summed E-state index contributed by atoms with van der Waals surface area (Å²) in [6.07, 6.45) is 2.59. The van der Waals surface area contributed by atoms with E-state index in [1.165, 1.54) is 25.9 Å². The molecule has 0 radical (unpaired) electrons. The Morgan fingerprint density at radius 1 is 1.05 bits per heavy atom. The maximum Gasteiger partial charge on any atom is 0.116 e. The average molecular weight is 272 g/mol. The summed E-state index contributed by atoms with van der Waals surface area (Å²) in [6.45, 7) is 4.10. The van der Waals surface area contributed by atoms with Crippen molar-refractivity contribution in [3.8, 4) is 11.3 Å². The first-order valence-corrected chi connectivity index (χ1v) is 7.19. The average Bonchev–Trinajstić information content (AvgIpc) is 3.15. The standard InChI is InChI=1S/C15H20N4O/c20-12-14-15(13-6-2-1-3-7-13)19(17-16-14)11-10-18-8-4-5-9-18/h1-3,6-7,20H,4-5,8-12H2. The van der Waals surface area contributed by atoms with Crippen LogP contribution in [0.25, 0.3) is 11.3 Å². The molecule has 3 rings (SSSR count). The maximum absolute atomic E-state index is 9.45. The number of aromatic nitrogens is 3. The minimum absolute atomic E-state index is 0.0755. The molecule has 1 saturated heterocycles. The second-order valence-corrected chi connectivity index (χ2v) is 5.18. The third-order valence-electron chi connectivity index (χ3n) is 3.83. The summed E-state index contributed by atoms with van der Waals surface area (Å²) in [5.74, 6) is 0. The van der Waals surface area contributed by atoms with E-state index in [4.69, 9.17) is 0 Å². The molecule has 1 N–H and O–H groups in total. The minimum atomic E-state index is -0.0755. The lowest BCUT2D eigenvalue weighted by molar-refractivity contribution is 0.277. The molecule has 0 amide bonds. The molecular formula is C15H20N4O. The molecule has 0 unspecified atom stereocenters. The summed E-state index contributed by atoms with van der Waals surface area (Å²) in [5, 5.41) is 17.8. The maximum atomic E-state index is 9.45. The van der Waals surface area contributed by atoms with Gasteiger partial charge in [-0.1, -0.05) is 35.5 Å². The Hall–Kier alpha value is -1.72. The number of aliphatic hydroxyl groups excluding tert-OH is 1. The number of nitrogens with zero attached hydrogens (tertiary/aromatic N) is 4. The first-order valence-electron chi connectivity index (χ1n) is 7.19. The van der Waals surface area contributed by atoms with Gasteiger partial charge in [0.2, 0.25) is 0 Å². The second-order valence-electron chi connectivity index (χ2n) is 5.18. The topological polar surface area (TPSA) is 54.2 Å². The summed E-state index contributed by atoms with van der Waals surface area (Å²) < 4.78 is 1.92. The second kappa shape index (κ2) is 6.15. The molecule has 2 heterocycles. The minimum Gasteiger partial charge on any atom is -0.390 e. The van der Waals surface area contributed by atoms with Crippen LogP contribution in [-0.2, 0) is 13.2 Å². The zero-order valence-electron chi connectivity index (χ0n) is 11.6. The molecule has 20 heavy (non-hydrogen) atoms. The molecule has 0 atom stereocenters. The number of benzene rings is 1. The van der Waals surface area contributed by atoms with E-state index in [1.807, 2.05) is 35.0 Å². The monoisotopic (exact) mass is 272 g/mol. The van der Waals surface area contributed by atoms with Gasteiger partial charge in [0.25, 0.3) is 0 Å². The molecule has 1 aromatic carbocycles. The number of hydrogen-bond acceptors (Lipinski definition) is 4. The van der Waals surface area contributed by atoms with Crippen molar-refractivity contribution in [2.75, 3.05) is 19.6 Å². The molecule has 2 aromatic rings. The van der Waals surface area contributed by atoms with Gasteiger partial charge in [0.05, 0.1) is 18.8 Å². The largest absolute Gasteiger partial charge is 0.390 e. The van der Waals surface area contributed by atoms with Gasteiger partial charge in [-0.3, -0.25) is 0 Å². The number of aliphatic hydroxyl groups is 1. The Bertz CT molecular complexity index is 546. The molecule has 0 aliphatic carbocycles. The fourth-order valence-electron chi connectivity index (χ4n) is 2.77. The van der Waals surface area contributed by atoms with Crippen LogP contribution >= 0.6 is 0 Å². The SMILES string of the molecule is OCc1nnn(CCN2CCCC2)c1-c1ccccc1. The lowest BCUT2D eigenvalue weighted by Gasteiger charge is -2.15. The van der Waals surface area contributed by atoms with E-state index in [0.717, 1.165) is 24.3 Å². The first-order chi connectivity index (χ1) is 9.88. The van der Waals surface area contributed by atoms with Crippen LogP contribution in [0.5, 0.6) is 0 Å². The molecule has 0 spiro atoms. The Labute approximate surface area is 118 Å². The third-order valence-corrected chi connectivity index (χ3v) is 3.83. The van der Waals surface area contributed by atoms with Crippen molar-refractivity contribution >= 4 is 0 Å². The number of likely N-dealkylation sites (tertiary alicyclic amines) is 1. The summed E-state index contributed by atoms with van der Waals surface area (Å²) >= 11 is 0. The van der Waals surface area contributed by atoms with Gasteiger partial charge in [-0.2, -0.15) is 0 Å². The van der Waals surface area contributed by atoms with E-state index in [9.17, 15) is 5.11 Å². The van der Waals surface area contributed by atoms with Crippen molar-refractivity contribution in [3.05, 3.63) is 36.0 Å². The van der Waals surface area contributed by atoms with Gasteiger partial charge in [-0.05, 0) is 25.9 Å². The van der Waals surface area contributed by atoms with Crippen LogP contribution < -0.4 is 0 Å². The fourth-order valence-corrected chi connectivity index (χ4v) is 2.77. The van der Waals surface area contributed by atoms with E-state index in [2.05, 4.69) is 15.2 Å². The molecule has 1 aromatic heterocycles. The van der Waals surface area contributed by atoms with Crippen LogP contribution in [0.3, 0.4) is 0 Å². The van der Waals surface area contributed by atoms with Crippen LogP contribution in [0, 0.1) is 0 Å². The van der Waals surface area contributed by atoms with Crippen LogP contribution in [0.2, 0.25) is 0 Å². The quantitative estimate of drug-likeness (QED) is 0.897. The van der Waals surface area contributed by atoms with E-state index >= 15 is 0 Å². The van der Waals surface area contributed by atoms with Crippen molar-refractivity contribution < 1.29 is 5.11 Å². The molecule has 1 fully saturated rings. The molecule has 106 valence electrons.